The fourth-order valence-electron chi connectivity index (χ4n) is 6.12. The number of nitrogens with one attached hydrogen (secondary N) is 1. The number of aryl methyl sites for hydroxylation is 1. The van der Waals surface area contributed by atoms with Crippen molar-refractivity contribution < 1.29 is 31.2 Å². The lowest BCUT2D eigenvalue weighted by atomic mass is 9.81. The topological polar surface area (TPSA) is 86.8 Å². The molecule has 2 aliphatic rings. The van der Waals surface area contributed by atoms with Crippen LogP contribution in [0.15, 0.2) is 53.4 Å². The van der Waals surface area contributed by atoms with Crippen LogP contribution in [0.25, 0.3) is 0 Å². The molecule has 1 saturated carbocycles. The van der Waals surface area contributed by atoms with Crippen molar-refractivity contribution in [1.29, 1.82) is 0 Å². The van der Waals surface area contributed by atoms with E-state index in [-0.39, 0.29) is 46.2 Å². The number of halogens is 3. The second-order valence-electron chi connectivity index (χ2n) is 11.5. The van der Waals surface area contributed by atoms with E-state index in [0.29, 0.717) is 31.4 Å². The number of hydrogen-bond donors (Lipinski definition) is 1. The number of nitrogens with zero attached hydrogens (tertiary/aromatic N) is 2. The summed E-state index contributed by atoms with van der Waals surface area (Å²) in [7, 11) is -1.61. The highest BCUT2D eigenvalue weighted by Gasteiger charge is 2.44. The number of likely N-dealkylation sites (tertiary alicyclic amines) is 1. The fraction of sp³-hybridized carbons (Fsp3) is 0.533. The molecular formula is C30H38F3N3O4S. The van der Waals surface area contributed by atoms with Crippen LogP contribution in [-0.2, 0) is 20.8 Å². The third-order valence-corrected chi connectivity index (χ3v) is 10.6. The maximum Gasteiger partial charge on any atom is 0.416 e. The van der Waals surface area contributed by atoms with E-state index in [1.165, 1.54) is 6.07 Å². The lowest BCUT2D eigenvalue weighted by Gasteiger charge is -2.44. The first kappa shape index (κ1) is 31.0. The standard InChI is InChI=1S/C30H38F3N3O4S/c1-19(2)35(4)24-12-13-26(22(17-24)18-41(39,40)27-11-6-5-8-20(27)3)36-15-14-25(29(36)38)34-28(37)21-9-7-10-23(16-21)30(31,32)33/h5-11,16,19,22,24-26H,12-15,17-18H2,1-4H3,(H,34,37)/t22-,24-,25+,26+/m1/s1. The van der Waals surface area contributed by atoms with Gasteiger partial charge in [-0.1, -0.05) is 24.3 Å². The molecule has 41 heavy (non-hydrogen) atoms. The molecule has 11 heteroatoms. The SMILES string of the molecule is Cc1ccccc1S(=O)(=O)C[C@H]1C[C@H](N(C)C(C)C)CC[C@@H]1N1CC[C@H](NC(=O)c2cccc(C(F)(F)F)c2)C1=O. The van der Waals surface area contributed by atoms with Crippen LogP contribution in [0.5, 0.6) is 0 Å². The first-order chi connectivity index (χ1) is 19.2. The summed E-state index contributed by atoms with van der Waals surface area (Å²) < 4.78 is 66.5. The summed E-state index contributed by atoms with van der Waals surface area (Å²) in [5, 5.41) is 2.61. The van der Waals surface area contributed by atoms with Crippen molar-refractivity contribution >= 4 is 21.7 Å². The summed E-state index contributed by atoms with van der Waals surface area (Å²) in [6, 6.07) is 10.2. The largest absolute Gasteiger partial charge is 0.416 e. The normalized spacial score (nSPS) is 23.8. The Labute approximate surface area is 240 Å². The Kier molecular flexibility index (Phi) is 9.18. The number of benzene rings is 2. The molecule has 2 amide bonds. The monoisotopic (exact) mass is 593 g/mol. The Morgan fingerprint density at radius 2 is 1.80 bits per heavy atom. The van der Waals surface area contributed by atoms with E-state index in [1.54, 1.807) is 36.1 Å². The Balaban J connectivity index is 1.53. The van der Waals surface area contributed by atoms with Crippen molar-refractivity contribution in [3.05, 3.63) is 65.2 Å². The van der Waals surface area contributed by atoms with Crippen molar-refractivity contribution in [3.8, 4) is 0 Å². The molecule has 1 aliphatic carbocycles. The number of carbonyl (C=O) groups is 2. The van der Waals surface area contributed by atoms with Gasteiger partial charge < -0.3 is 15.1 Å². The van der Waals surface area contributed by atoms with Crippen LogP contribution in [0.3, 0.4) is 0 Å². The van der Waals surface area contributed by atoms with Gasteiger partial charge in [0.1, 0.15) is 6.04 Å². The number of sulfone groups is 1. The van der Waals surface area contributed by atoms with Crippen LogP contribution in [0.1, 0.15) is 61.0 Å². The molecule has 4 rings (SSSR count). The summed E-state index contributed by atoms with van der Waals surface area (Å²) in [4.78, 5) is 30.5. The minimum atomic E-state index is -4.59. The molecule has 0 radical (unpaired) electrons. The van der Waals surface area contributed by atoms with E-state index in [1.807, 2.05) is 7.05 Å². The maximum absolute atomic E-state index is 13.6. The van der Waals surface area contributed by atoms with Gasteiger partial charge in [-0.05, 0) is 89.2 Å². The summed E-state index contributed by atoms with van der Waals surface area (Å²) >= 11 is 0. The van der Waals surface area contributed by atoms with E-state index in [4.69, 9.17) is 0 Å². The number of amides is 2. The quantitative estimate of drug-likeness (QED) is 0.480. The lowest BCUT2D eigenvalue weighted by molar-refractivity contribution is -0.137. The van der Waals surface area contributed by atoms with Crippen molar-refractivity contribution in [2.24, 2.45) is 5.92 Å². The first-order valence-corrected chi connectivity index (χ1v) is 15.6. The van der Waals surface area contributed by atoms with Gasteiger partial charge in [0, 0.05) is 30.2 Å². The van der Waals surface area contributed by atoms with Crippen LogP contribution in [0.4, 0.5) is 13.2 Å². The molecule has 224 valence electrons. The molecule has 2 fully saturated rings. The molecule has 1 heterocycles. The van der Waals surface area contributed by atoms with Crippen LogP contribution in [0, 0.1) is 12.8 Å². The second kappa shape index (κ2) is 12.1. The minimum absolute atomic E-state index is 0.101. The van der Waals surface area contributed by atoms with Gasteiger partial charge in [-0.3, -0.25) is 9.59 Å². The molecule has 0 bridgehead atoms. The Morgan fingerprint density at radius 3 is 2.46 bits per heavy atom. The van der Waals surface area contributed by atoms with Crippen molar-refractivity contribution in [1.82, 2.24) is 15.1 Å². The van der Waals surface area contributed by atoms with Crippen molar-refractivity contribution in [2.45, 2.75) is 81.7 Å². The van der Waals surface area contributed by atoms with Gasteiger partial charge in [-0.2, -0.15) is 13.2 Å². The van der Waals surface area contributed by atoms with E-state index >= 15 is 0 Å². The van der Waals surface area contributed by atoms with Crippen LogP contribution in [0.2, 0.25) is 0 Å². The van der Waals surface area contributed by atoms with Gasteiger partial charge in [0.2, 0.25) is 5.91 Å². The highest BCUT2D eigenvalue weighted by atomic mass is 32.2. The highest BCUT2D eigenvalue weighted by Crippen LogP contribution is 2.36. The summed E-state index contributed by atoms with van der Waals surface area (Å²) in [6.07, 6.45) is -2.27. The van der Waals surface area contributed by atoms with Gasteiger partial charge in [-0.25, -0.2) is 8.42 Å². The van der Waals surface area contributed by atoms with E-state index in [0.717, 1.165) is 24.6 Å². The van der Waals surface area contributed by atoms with Crippen LogP contribution >= 0.6 is 0 Å². The average Bonchev–Trinajstić information content (AvgIpc) is 3.27. The van der Waals surface area contributed by atoms with Gasteiger partial charge in [0.05, 0.1) is 16.2 Å². The van der Waals surface area contributed by atoms with E-state index in [2.05, 4.69) is 24.1 Å². The molecule has 0 aromatic heterocycles. The Hall–Kier alpha value is -2.92. The average molecular weight is 594 g/mol. The highest BCUT2D eigenvalue weighted by molar-refractivity contribution is 7.91. The molecule has 7 nitrogen and oxygen atoms in total. The van der Waals surface area contributed by atoms with Gasteiger partial charge in [0.15, 0.2) is 9.84 Å². The zero-order valence-corrected chi connectivity index (χ0v) is 24.6. The molecule has 1 aliphatic heterocycles. The molecule has 0 unspecified atom stereocenters. The molecule has 1 saturated heterocycles. The minimum Gasteiger partial charge on any atom is -0.340 e. The van der Waals surface area contributed by atoms with E-state index < -0.39 is 33.5 Å². The smallest absolute Gasteiger partial charge is 0.340 e. The summed E-state index contributed by atoms with van der Waals surface area (Å²) in [5.74, 6) is -1.50. The van der Waals surface area contributed by atoms with E-state index in [9.17, 15) is 31.2 Å². The van der Waals surface area contributed by atoms with Crippen LogP contribution < -0.4 is 5.32 Å². The third kappa shape index (κ3) is 6.94. The number of carbonyl (C=O) groups excluding carboxylic acids is 2. The molecular weight excluding hydrogens is 555 g/mol. The maximum atomic E-state index is 13.6. The molecule has 0 spiro atoms. The number of hydrogen-bond acceptors (Lipinski definition) is 5. The Morgan fingerprint density at radius 1 is 1.10 bits per heavy atom. The first-order valence-electron chi connectivity index (χ1n) is 14.0. The van der Waals surface area contributed by atoms with Gasteiger partial charge in [-0.15, -0.1) is 0 Å². The van der Waals surface area contributed by atoms with Gasteiger partial charge in [0.25, 0.3) is 5.91 Å². The number of alkyl halides is 3. The van der Waals surface area contributed by atoms with Crippen molar-refractivity contribution in [2.75, 3.05) is 19.3 Å². The Bertz CT molecular complexity index is 1380. The zero-order valence-electron chi connectivity index (χ0n) is 23.8. The lowest BCUT2D eigenvalue weighted by Crippen LogP contribution is -2.53. The summed E-state index contributed by atoms with van der Waals surface area (Å²) in [5.41, 5.74) is -0.443. The number of rotatable bonds is 8. The van der Waals surface area contributed by atoms with Crippen molar-refractivity contribution in [3.63, 3.8) is 0 Å². The fourth-order valence-corrected chi connectivity index (χ4v) is 8.07. The zero-order chi connectivity index (χ0) is 30.1. The summed E-state index contributed by atoms with van der Waals surface area (Å²) in [6.45, 7) is 6.28. The predicted molar refractivity (Wildman–Crippen MR) is 150 cm³/mol. The predicted octanol–water partition coefficient (Wildman–Crippen LogP) is 4.70. The molecule has 1 N–H and O–H groups in total. The second-order valence-corrected chi connectivity index (χ2v) is 13.5. The molecule has 2 aromatic carbocycles. The van der Waals surface area contributed by atoms with Gasteiger partial charge >= 0.3 is 6.18 Å². The third-order valence-electron chi connectivity index (χ3n) is 8.56. The van der Waals surface area contributed by atoms with Crippen LogP contribution in [-0.4, -0.2) is 73.5 Å². The molecule has 4 atom stereocenters. The molecule has 2 aromatic rings.